The van der Waals surface area contributed by atoms with Crippen LogP contribution in [-0.2, 0) is 4.79 Å². The van der Waals surface area contributed by atoms with Crippen LogP contribution in [0, 0.1) is 5.92 Å². The number of carbonyl (C=O) groups is 1. The van der Waals surface area contributed by atoms with E-state index in [1.807, 2.05) is 0 Å². The maximum atomic E-state index is 10.9. The van der Waals surface area contributed by atoms with E-state index in [0.717, 1.165) is 6.54 Å². The minimum Gasteiger partial charge on any atom is -0.299 e. The second kappa shape index (κ2) is 4.04. The van der Waals surface area contributed by atoms with Gasteiger partial charge in [0.25, 0.3) is 0 Å². The first-order chi connectivity index (χ1) is 5.61. The van der Waals surface area contributed by atoms with Gasteiger partial charge in [0, 0.05) is 6.04 Å². The number of rotatable bonds is 3. The molecule has 0 aromatic carbocycles. The zero-order valence-electron chi connectivity index (χ0n) is 8.34. The second-order valence-electron chi connectivity index (χ2n) is 4.13. The van der Waals surface area contributed by atoms with Crippen LogP contribution in [0.25, 0.3) is 0 Å². The molecule has 1 aliphatic rings. The molecule has 70 valence electrons. The van der Waals surface area contributed by atoms with Crippen molar-refractivity contribution in [1.29, 1.82) is 0 Å². The molecule has 0 N–H and O–H groups in total. The van der Waals surface area contributed by atoms with Crippen LogP contribution in [0.2, 0.25) is 0 Å². The van der Waals surface area contributed by atoms with Gasteiger partial charge in [0.1, 0.15) is 5.78 Å². The van der Waals surface area contributed by atoms with E-state index >= 15 is 0 Å². The van der Waals surface area contributed by atoms with Crippen molar-refractivity contribution < 1.29 is 4.79 Å². The predicted molar refractivity (Wildman–Crippen MR) is 50.1 cm³/mol. The van der Waals surface area contributed by atoms with E-state index in [1.165, 1.54) is 12.8 Å². The van der Waals surface area contributed by atoms with E-state index in [0.29, 0.717) is 24.3 Å². The Labute approximate surface area is 74.9 Å². The summed E-state index contributed by atoms with van der Waals surface area (Å²) in [7, 11) is 0. The topological polar surface area (TPSA) is 20.3 Å². The number of Topliss-reactive ketones (excluding diaryl/α,β-unsaturated/α-hetero) is 1. The number of hydrogen-bond acceptors (Lipinski definition) is 2. The van der Waals surface area contributed by atoms with E-state index in [2.05, 4.69) is 18.7 Å². The van der Waals surface area contributed by atoms with Crippen LogP contribution >= 0.6 is 0 Å². The third-order valence-electron chi connectivity index (χ3n) is 2.61. The van der Waals surface area contributed by atoms with Gasteiger partial charge in [-0.1, -0.05) is 13.8 Å². The van der Waals surface area contributed by atoms with Crippen molar-refractivity contribution in [3.05, 3.63) is 0 Å². The summed E-state index contributed by atoms with van der Waals surface area (Å²) in [5, 5.41) is 0. The number of hydrogen-bond donors (Lipinski definition) is 0. The Hall–Kier alpha value is -0.370. The molecule has 0 amide bonds. The minimum atomic E-state index is 0.294. The Kier molecular flexibility index (Phi) is 3.27. The van der Waals surface area contributed by atoms with E-state index in [1.54, 1.807) is 6.92 Å². The molecule has 2 nitrogen and oxygen atoms in total. The van der Waals surface area contributed by atoms with E-state index in [9.17, 15) is 4.79 Å². The van der Waals surface area contributed by atoms with Gasteiger partial charge in [-0.15, -0.1) is 0 Å². The normalized spacial score (nSPS) is 25.2. The van der Waals surface area contributed by atoms with Crippen molar-refractivity contribution in [3.8, 4) is 0 Å². The minimum absolute atomic E-state index is 0.294. The zero-order chi connectivity index (χ0) is 9.14. The van der Waals surface area contributed by atoms with Gasteiger partial charge in [0.15, 0.2) is 0 Å². The highest BCUT2D eigenvalue weighted by Gasteiger charge is 2.27. The largest absolute Gasteiger partial charge is 0.299 e. The van der Waals surface area contributed by atoms with Gasteiger partial charge in [0.05, 0.1) is 6.54 Å². The first kappa shape index (κ1) is 9.72. The highest BCUT2D eigenvalue weighted by molar-refractivity contribution is 5.77. The van der Waals surface area contributed by atoms with Crippen LogP contribution in [0.15, 0.2) is 0 Å². The van der Waals surface area contributed by atoms with Crippen molar-refractivity contribution in [1.82, 2.24) is 4.90 Å². The van der Waals surface area contributed by atoms with Gasteiger partial charge >= 0.3 is 0 Å². The Balaban J connectivity index is 2.46. The molecule has 0 aliphatic carbocycles. The molecule has 0 spiro atoms. The molecular weight excluding hydrogens is 150 g/mol. The van der Waals surface area contributed by atoms with Gasteiger partial charge in [-0.2, -0.15) is 0 Å². The number of carbonyl (C=O) groups excluding carboxylic acids is 1. The summed E-state index contributed by atoms with van der Waals surface area (Å²) < 4.78 is 0. The average Bonchev–Trinajstić information content (AvgIpc) is 2.33. The van der Waals surface area contributed by atoms with Crippen molar-refractivity contribution in [2.45, 2.75) is 39.7 Å². The molecule has 1 atom stereocenters. The smallest absolute Gasteiger partial charge is 0.143 e. The summed E-state index contributed by atoms with van der Waals surface area (Å²) in [6.45, 7) is 7.92. The maximum Gasteiger partial charge on any atom is 0.143 e. The Bertz CT molecular complexity index is 165. The van der Waals surface area contributed by atoms with E-state index in [4.69, 9.17) is 0 Å². The van der Waals surface area contributed by atoms with Crippen LogP contribution < -0.4 is 0 Å². The summed E-state index contributed by atoms with van der Waals surface area (Å²) >= 11 is 0. The molecule has 1 unspecified atom stereocenters. The summed E-state index contributed by atoms with van der Waals surface area (Å²) in [6, 6.07) is 0.647. The van der Waals surface area contributed by atoms with Gasteiger partial charge in [0.2, 0.25) is 0 Å². The SMILES string of the molecule is CC(=O)CN1CCCC1C(C)C. The Morgan fingerprint density at radius 1 is 1.58 bits per heavy atom. The van der Waals surface area contributed by atoms with Crippen LogP contribution in [-0.4, -0.2) is 29.8 Å². The molecule has 1 saturated heterocycles. The fraction of sp³-hybridized carbons (Fsp3) is 0.900. The monoisotopic (exact) mass is 169 g/mol. The number of nitrogens with zero attached hydrogens (tertiary/aromatic N) is 1. The molecule has 0 saturated carbocycles. The van der Waals surface area contributed by atoms with Crippen molar-refractivity contribution in [2.24, 2.45) is 5.92 Å². The highest BCUT2D eigenvalue weighted by atomic mass is 16.1. The third kappa shape index (κ3) is 2.31. The average molecular weight is 169 g/mol. The van der Waals surface area contributed by atoms with Gasteiger partial charge in [-0.3, -0.25) is 9.69 Å². The molecule has 1 aliphatic heterocycles. The zero-order valence-corrected chi connectivity index (χ0v) is 8.34. The lowest BCUT2D eigenvalue weighted by molar-refractivity contribution is -0.118. The Morgan fingerprint density at radius 2 is 2.25 bits per heavy atom. The number of ketones is 1. The van der Waals surface area contributed by atoms with Gasteiger partial charge in [-0.25, -0.2) is 0 Å². The van der Waals surface area contributed by atoms with Crippen molar-refractivity contribution >= 4 is 5.78 Å². The lowest BCUT2D eigenvalue weighted by Gasteiger charge is -2.26. The van der Waals surface area contributed by atoms with E-state index < -0.39 is 0 Å². The molecule has 2 heteroatoms. The summed E-state index contributed by atoms with van der Waals surface area (Å²) in [5.74, 6) is 0.981. The molecule has 0 bridgehead atoms. The summed E-state index contributed by atoms with van der Waals surface area (Å²) in [5.41, 5.74) is 0. The maximum absolute atomic E-state index is 10.9. The summed E-state index contributed by atoms with van der Waals surface area (Å²) in [4.78, 5) is 13.3. The lowest BCUT2D eigenvalue weighted by atomic mass is 10.0. The van der Waals surface area contributed by atoms with Crippen molar-refractivity contribution in [2.75, 3.05) is 13.1 Å². The van der Waals surface area contributed by atoms with E-state index in [-0.39, 0.29) is 0 Å². The van der Waals surface area contributed by atoms with Crippen LogP contribution in [0.4, 0.5) is 0 Å². The van der Waals surface area contributed by atoms with Gasteiger partial charge in [-0.05, 0) is 32.2 Å². The molecule has 1 fully saturated rings. The van der Waals surface area contributed by atoms with Crippen LogP contribution in [0.3, 0.4) is 0 Å². The molecule has 1 heterocycles. The first-order valence-electron chi connectivity index (χ1n) is 4.84. The molecule has 0 aromatic heterocycles. The van der Waals surface area contributed by atoms with Crippen molar-refractivity contribution in [3.63, 3.8) is 0 Å². The summed E-state index contributed by atoms with van der Waals surface area (Å²) in [6.07, 6.45) is 2.53. The van der Waals surface area contributed by atoms with Gasteiger partial charge < -0.3 is 0 Å². The Morgan fingerprint density at radius 3 is 2.75 bits per heavy atom. The fourth-order valence-corrected chi connectivity index (χ4v) is 2.09. The quantitative estimate of drug-likeness (QED) is 0.641. The molecule has 0 aromatic rings. The highest BCUT2D eigenvalue weighted by Crippen LogP contribution is 2.22. The first-order valence-corrected chi connectivity index (χ1v) is 4.84. The standard InChI is InChI=1S/C10H19NO/c1-8(2)10-5-4-6-11(10)7-9(3)12/h8,10H,4-7H2,1-3H3. The predicted octanol–water partition coefficient (Wildman–Crippen LogP) is 1.70. The third-order valence-corrected chi connectivity index (χ3v) is 2.61. The molecule has 0 radical (unpaired) electrons. The molecule has 12 heavy (non-hydrogen) atoms. The fourth-order valence-electron chi connectivity index (χ4n) is 2.09. The molecular formula is C10H19NO. The van der Waals surface area contributed by atoms with Crippen LogP contribution in [0.5, 0.6) is 0 Å². The molecule has 1 rings (SSSR count). The number of likely N-dealkylation sites (tertiary alicyclic amines) is 1. The van der Waals surface area contributed by atoms with Crippen LogP contribution in [0.1, 0.15) is 33.6 Å². The second-order valence-corrected chi connectivity index (χ2v) is 4.13. The lowest BCUT2D eigenvalue weighted by Crippen LogP contribution is -2.36.